The lowest BCUT2D eigenvalue weighted by Crippen LogP contribution is -1.79. The lowest BCUT2D eigenvalue weighted by Gasteiger charge is -1.87. The minimum Gasteiger partial charge on any atom is -0.396 e. The van der Waals surface area contributed by atoms with Gasteiger partial charge in [-0.3, -0.25) is 0 Å². The van der Waals surface area contributed by atoms with Crippen molar-refractivity contribution in [3.8, 4) is 0 Å². The van der Waals surface area contributed by atoms with Crippen LogP contribution in [0.4, 0.5) is 0 Å². The SMILES string of the molecule is C=C(C)CC=O.C=C(C)CCO. The van der Waals surface area contributed by atoms with Gasteiger partial charge < -0.3 is 9.90 Å². The second-order valence-electron chi connectivity index (χ2n) is 2.76. The van der Waals surface area contributed by atoms with Crippen molar-refractivity contribution >= 4 is 6.29 Å². The Morgan fingerprint density at radius 3 is 1.83 bits per heavy atom. The molecular formula is C10H18O2. The topological polar surface area (TPSA) is 37.3 Å². The van der Waals surface area contributed by atoms with E-state index >= 15 is 0 Å². The van der Waals surface area contributed by atoms with Gasteiger partial charge in [0.2, 0.25) is 0 Å². The maximum absolute atomic E-state index is 9.55. The highest BCUT2D eigenvalue weighted by Gasteiger charge is 1.77. The van der Waals surface area contributed by atoms with Crippen molar-refractivity contribution in [2.75, 3.05) is 6.61 Å². The zero-order valence-corrected chi connectivity index (χ0v) is 7.97. The Labute approximate surface area is 74.6 Å². The highest BCUT2D eigenvalue weighted by molar-refractivity contribution is 5.53. The zero-order valence-electron chi connectivity index (χ0n) is 7.97. The summed E-state index contributed by atoms with van der Waals surface area (Å²) in [6.07, 6.45) is 2.09. The minimum absolute atomic E-state index is 0.231. The third-order valence-corrected chi connectivity index (χ3v) is 0.970. The Balaban J connectivity index is 0. The molecular weight excluding hydrogens is 152 g/mol. The van der Waals surface area contributed by atoms with Gasteiger partial charge in [-0.15, -0.1) is 6.58 Å². The van der Waals surface area contributed by atoms with Crippen molar-refractivity contribution in [3.05, 3.63) is 24.3 Å². The van der Waals surface area contributed by atoms with E-state index < -0.39 is 0 Å². The summed E-state index contributed by atoms with van der Waals surface area (Å²) in [6, 6.07) is 0. The van der Waals surface area contributed by atoms with E-state index in [0.29, 0.717) is 6.42 Å². The molecule has 0 aliphatic rings. The van der Waals surface area contributed by atoms with Crippen LogP contribution in [0.25, 0.3) is 0 Å². The number of allylic oxidation sites excluding steroid dienone is 1. The Morgan fingerprint density at radius 1 is 1.33 bits per heavy atom. The molecule has 0 atom stereocenters. The number of carbonyl (C=O) groups excluding carboxylic acids is 1. The fourth-order valence-corrected chi connectivity index (χ4v) is 0.333. The van der Waals surface area contributed by atoms with Crippen molar-refractivity contribution in [1.82, 2.24) is 0 Å². The van der Waals surface area contributed by atoms with Gasteiger partial charge in [0.25, 0.3) is 0 Å². The van der Waals surface area contributed by atoms with Crippen LogP contribution in [0.5, 0.6) is 0 Å². The Kier molecular flexibility index (Phi) is 11.5. The fraction of sp³-hybridized carbons (Fsp3) is 0.500. The first-order valence-corrected chi connectivity index (χ1v) is 3.87. The number of hydrogen-bond acceptors (Lipinski definition) is 2. The molecule has 2 nitrogen and oxygen atoms in total. The molecule has 0 aliphatic carbocycles. The Bertz CT molecular complexity index is 148. The van der Waals surface area contributed by atoms with Crippen LogP contribution in [0.15, 0.2) is 24.3 Å². The number of aldehydes is 1. The second kappa shape index (κ2) is 10.1. The number of aliphatic hydroxyl groups is 1. The Hall–Kier alpha value is -0.890. The van der Waals surface area contributed by atoms with Crippen molar-refractivity contribution in [2.24, 2.45) is 0 Å². The van der Waals surface area contributed by atoms with Gasteiger partial charge in [0.05, 0.1) is 0 Å². The average molecular weight is 170 g/mol. The normalized spacial score (nSPS) is 7.92. The molecule has 0 aromatic carbocycles. The van der Waals surface area contributed by atoms with Crippen molar-refractivity contribution in [1.29, 1.82) is 0 Å². The predicted molar refractivity (Wildman–Crippen MR) is 52.0 cm³/mol. The summed E-state index contributed by atoms with van der Waals surface area (Å²) in [5, 5.41) is 8.18. The van der Waals surface area contributed by atoms with Gasteiger partial charge >= 0.3 is 0 Å². The summed E-state index contributed by atoms with van der Waals surface area (Å²) >= 11 is 0. The molecule has 0 aliphatic heterocycles. The molecule has 0 spiro atoms. The zero-order chi connectivity index (χ0) is 9.98. The van der Waals surface area contributed by atoms with Crippen LogP contribution in [0, 0.1) is 0 Å². The third kappa shape index (κ3) is 22.9. The number of aliphatic hydroxyl groups excluding tert-OH is 1. The summed E-state index contributed by atoms with van der Waals surface area (Å²) in [5.74, 6) is 0. The molecule has 0 saturated carbocycles. The summed E-state index contributed by atoms with van der Waals surface area (Å²) in [5.41, 5.74) is 1.96. The summed E-state index contributed by atoms with van der Waals surface area (Å²) in [6.45, 7) is 11.1. The van der Waals surface area contributed by atoms with E-state index in [1.807, 2.05) is 13.8 Å². The van der Waals surface area contributed by atoms with Gasteiger partial charge in [-0.05, 0) is 20.3 Å². The van der Waals surface area contributed by atoms with Gasteiger partial charge in [-0.2, -0.15) is 0 Å². The lowest BCUT2D eigenvalue weighted by molar-refractivity contribution is -0.107. The van der Waals surface area contributed by atoms with Crippen LogP contribution in [0.1, 0.15) is 26.7 Å². The fourth-order valence-electron chi connectivity index (χ4n) is 0.333. The lowest BCUT2D eigenvalue weighted by atomic mass is 10.3. The first kappa shape index (κ1) is 13.7. The highest BCUT2D eigenvalue weighted by atomic mass is 16.2. The van der Waals surface area contributed by atoms with E-state index in [4.69, 9.17) is 5.11 Å². The molecule has 0 aromatic rings. The van der Waals surface area contributed by atoms with Crippen LogP contribution in [-0.2, 0) is 4.79 Å². The molecule has 0 rings (SSSR count). The van der Waals surface area contributed by atoms with Crippen LogP contribution >= 0.6 is 0 Å². The van der Waals surface area contributed by atoms with Gasteiger partial charge in [0.1, 0.15) is 6.29 Å². The van der Waals surface area contributed by atoms with E-state index in [0.717, 1.165) is 23.9 Å². The molecule has 0 heterocycles. The van der Waals surface area contributed by atoms with Gasteiger partial charge in [-0.1, -0.05) is 17.7 Å². The van der Waals surface area contributed by atoms with Crippen LogP contribution < -0.4 is 0 Å². The summed E-state index contributed by atoms with van der Waals surface area (Å²) in [7, 11) is 0. The van der Waals surface area contributed by atoms with E-state index in [1.54, 1.807) is 0 Å². The molecule has 0 saturated heterocycles. The number of hydrogen-bond donors (Lipinski definition) is 1. The molecule has 0 aromatic heterocycles. The smallest absolute Gasteiger partial charge is 0.124 e. The van der Waals surface area contributed by atoms with Gasteiger partial charge in [-0.25, -0.2) is 0 Å². The predicted octanol–water partition coefficient (Wildman–Crippen LogP) is 2.10. The average Bonchev–Trinajstić information content (AvgIpc) is 1.87. The molecule has 0 fully saturated rings. The van der Waals surface area contributed by atoms with Crippen molar-refractivity contribution in [2.45, 2.75) is 26.7 Å². The number of rotatable bonds is 4. The molecule has 70 valence electrons. The maximum atomic E-state index is 9.55. The largest absolute Gasteiger partial charge is 0.396 e. The van der Waals surface area contributed by atoms with Crippen LogP contribution in [0.2, 0.25) is 0 Å². The summed E-state index contributed by atoms with van der Waals surface area (Å²) in [4.78, 5) is 9.55. The Morgan fingerprint density at radius 2 is 1.83 bits per heavy atom. The molecule has 12 heavy (non-hydrogen) atoms. The highest BCUT2D eigenvalue weighted by Crippen LogP contribution is 1.90. The van der Waals surface area contributed by atoms with E-state index in [9.17, 15) is 4.79 Å². The van der Waals surface area contributed by atoms with Crippen LogP contribution in [-0.4, -0.2) is 18.0 Å². The maximum Gasteiger partial charge on any atom is 0.124 e. The molecule has 0 unspecified atom stereocenters. The molecule has 0 radical (unpaired) electrons. The van der Waals surface area contributed by atoms with E-state index in [1.165, 1.54) is 0 Å². The summed E-state index contributed by atoms with van der Waals surface area (Å²) < 4.78 is 0. The molecule has 0 bridgehead atoms. The van der Waals surface area contributed by atoms with Gasteiger partial charge in [0, 0.05) is 13.0 Å². The monoisotopic (exact) mass is 170 g/mol. The standard InChI is InChI=1S/C5H10O.C5H8O/c2*1-5(2)3-4-6/h6H,1,3-4H2,2H3;4H,1,3H2,2H3. The van der Waals surface area contributed by atoms with E-state index in [2.05, 4.69) is 13.2 Å². The van der Waals surface area contributed by atoms with Gasteiger partial charge in [0.15, 0.2) is 0 Å². The van der Waals surface area contributed by atoms with Crippen molar-refractivity contribution < 1.29 is 9.90 Å². The molecule has 2 heteroatoms. The van der Waals surface area contributed by atoms with E-state index in [-0.39, 0.29) is 6.61 Å². The third-order valence-electron chi connectivity index (χ3n) is 0.970. The van der Waals surface area contributed by atoms with Crippen LogP contribution in [0.3, 0.4) is 0 Å². The first-order chi connectivity index (χ1) is 5.54. The quantitative estimate of drug-likeness (QED) is 0.518. The number of carbonyl (C=O) groups is 1. The first-order valence-electron chi connectivity index (χ1n) is 3.87. The van der Waals surface area contributed by atoms with Crippen molar-refractivity contribution in [3.63, 3.8) is 0 Å². The molecule has 0 amide bonds. The second-order valence-corrected chi connectivity index (χ2v) is 2.76. The minimum atomic E-state index is 0.231. The molecule has 1 N–H and O–H groups in total.